The lowest BCUT2D eigenvalue weighted by molar-refractivity contribution is 0.609. The summed E-state index contributed by atoms with van der Waals surface area (Å²) in [5, 5.41) is 9.42. The first kappa shape index (κ1) is 30.3. The van der Waals surface area contributed by atoms with Crippen molar-refractivity contribution in [1.29, 1.82) is 0 Å². The fourth-order valence-corrected chi connectivity index (χ4v) is 9.23. The highest BCUT2D eigenvalue weighted by molar-refractivity contribution is 6.22. The van der Waals surface area contributed by atoms with Gasteiger partial charge in [-0.05, 0) is 116 Å². The summed E-state index contributed by atoms with van der Waals surface area (Å²) in [6.07, 6.45) is 4.57. The largest absolute Gasteiger partial charge is 0.456 e. The van der Waals surface area contributed by atoms with Crippen LogP contribution in [0.1, 0.15) is 43.4 Å². The van der Waals surface area contributed by atoms with Crippen molar-refractivity contribution in [2.45, 2.75) is 32.1 Å². The molecule has 0 radical (unpaired) electrons. The molecule has 53 heavy (non-hydrogen) atoms. The second-order valence-electron chi connectivity index (χ2n) is 15.2. The molecule has 0 aliphatic heterocycles. The monoisotopic (exact) mass is 680 g/mol. The van der Waals surface area contributed by atoms with Gasteiger partial charge in [-0.1, -0.05) is 135 Å². The zero-order valence-corrected chi connectivity index (χ0v) is 29.7. The van der Waals surface area contributed by atoms with Crippen molar-refractivity contribution >= 4 is 76.6 Å². The zero-order chi connectivity index (χ0) is 35.3. The first-order valence-electron chi connectivity index (χ1n) is 18.6. The molecule has 0 N–H and O–H groups in total. The molecule has 2 aliphatic rings. The van der Waals surface area contributed by atoms with E-state index in [1.807, 2.05) is 12.1 Å². The van der Waals surface area contributed by atoms with Crippen molar-refractivity contribution in [3.05, 3.63) is 180 Å². The molecule has 11 rings (SSSR count). The number of allylic oxidation sites excluding steroid dienone is 4. The van der Waals surface area contributed by atoms with E-state index >= 15 is 0 Å². The van der Waals surface area contributed by atoms with E-state index in [1.54, 1.807) is 5.57 Å². The van der Waals surface area contributed by atoms with Crippen molar-refractivity contribution in [2.24, 2.45) is 0 Å². The first-order valence-corrected chi connectivity index (χ1v) is 18.6. The van der Waals surface area contributed by atoms with E-state index in [0.717, 1.165) is 62.1 Å². The first-order chi connectivity index (χ1) is 26.0. The summed E-state index contributed by atoms with van der Waals surface area (Å²) < 4.78 is 12.7. The third-order valence-electron chi connectivity index (χ3n) is 11.9. The summed E-state index contributed by atoms with van der Waals surface area (Å²) in [6.45, 7) is 4.82. The Labute approximate surface area is 307 Å². The SMILES string of the molecule is CC1(C)C2=C(C=C(c3cccccccc4ccccc34)CC2)c2ccc(-c3ccc4oc5cc6ccc7oc8ccccc8c7c6cc5c4c3)cc21. The molecule has 2 aliphatic carbocycles. The molecule has 2 heterocycles. The van der Waals surface area contributed by atoms with Gasteiger partial charge in [-0.15, -0.1) is 0 Å². The number of para-hydroxylation sites is 1. The fourth-order valence-electron chi connectivity index (χ4n) is 9.23. The molecule has 9 aromatic rings. The van der Waals surface area contributed by atoms with Gasteiger partial charge in [0.05, 0.1) is 0 Å². The minimum Gasteiger partial charge on any atom is -0.456 e. The van der Waals surface area contributed by atoms with E-state index < -0.39 is 0 Å². The highest BCUT2D eigenvalue weighted by Crippen LogP contribution is 2.53. The number of rotatable bonds is 2. The van der Waals surface area contributed by atoms with Crippen LogP contribution in [-0.2, 0) is 5.41 Å². The van der Waals surface area contributed by atoms with E-state index in [2.05, 4.69) is 159 Å². The molecule has 0 unspecified atom stereocenters. The maximum absolute atomic E-state index is 6.46. The molecule has 2 aromatic heterocycles. The van der Waals surface area contributed by atoms with Gasteiger partial charge in [0, 0.05) is 27.0 Å². The predicted octanol–water partition coefficient (Wildman–Crippen LogP) is 14.5. The Balaban J connectivity index is 1.03. The van der Waals surface area contributed by atoms with Gasteiger partial charge in [0.2, 0.25) is 0 Å². The maximum atomic E-state index is 6.46. The molecule has 0 fully saturated rings. The summed E-state index contributed by atoms with van der Waals surface area (Å²) >= 11 is 0. The van der Waals surface area contributed by atoms with E-state index in [4.69, 9.17) is 8.83 Å². The van der Waals surface area contributed by atoms with Crippen LogP contribution in [0.2, 0.25) is 0 Å². The topological polar surface area (TPSA) is 26.3 Å². The molecule has 0 amide bonds. The van der Waals surface area contributed by atoms with Crippen LogP contribution in [0.15, 0.2) is 172 Å². The van der Waals surface area contributed by atoms with Crippen LogP contribution in [0.4, 0.5) is 0 Å². The Bertz CT molecular complexity index is 3140. The van der Waals surface area contributed by atoms with Crippen LogP contribution >= 0.6 is 0 Å². The molecular formula is C51H36O2. The van der Waals surface area contributed by atoms with Gasteiger partial charge in [0.25, 0.3) is 0 Å². The zero-order valence-electron chi connectivity index (χ0n) is 29.7. The maximum Gasteiger partial charge on any atom is 0.136 e. The van der Waals surface area contributed by atoms with Crippen LogP contribution in [0, 0.1) is 0 Å². The minimum atomic E-state index is -0.0527. The predicted molar refractivity (Wildman–Crippen MR) is 223 cm³/mol. The highest BCUT2D eigenvalue weighted by Gasteiger charge is 2.38. The van der Waals surface area contributed by atoms with Gasteiger partial charge in [-0.3, -0.25) is 0 Å². The van der Waals surface area contributed by atoms with E-state index in [-0.39, 0.29) is 5.41 Å². The Morgan fingerprint density at radius 3 is 2.04 bits per heavy atom. The van der Waals surface area contributed by atoms with Crippen molar-refractivity contribution in [3.8, 4) is 11.1 Å². The van der Waals surface area contributed by atoms with E-state index in [1.165, 1.54) is 55.1 Å². The molecule has 0 saturated carbocycles. The van der Waals surface area contributed by atoms with E-state index in [9.17, 15) is 0 Å². The summed E-state index contributed by atoms with van der Waals surface area (Å²) in [7, 11) is 0. The number of furan rings is 2. The third-order valence-corrected chi connectivity index (χ3v) is 11.9. The Morgan fingerprint density at radius 1 is 0.453 bits per heavy atom. The molecular weight excluding hydrogens is 645 g/mol. The van der Waals surface area contributed by atoms with Gasteiger partial charge in [0.1, 0.15) is 22.3 Å². The quantitative estimate of drug-likeness (QED) is 0.182. The molecule has 7 aromatic carbocycles. The van der Waals surface area contributed by atoms with Gasteiger partial charge in [-0.2, -0.15) is 0 Å². The van der Waals surface area contributed by atoms with Gasteiger partial charge >= 0.3 is 0 Å². The number of benzene rings is 6. The summed E-state index contributed by atoms with van der Waals surface area (Å²) in [5.41, 5.74) is 14.4. The number of hydrogen-bond donors (Lipinski definition) is 0. The average Bonchev–Trinajstić information content (AvgIpc) is 3.82. The van der Waals surface area contributed by atoms with Crippen LogP contribution in [0.25, 0.3) is 87.7 Å². The second kappa shape index (κ2) is 11.3. The lowest BCUT2D eigenvalue weighted by atomic mass is 9.76. The van der Waals surface area contributed by atoms with Gasteiger partial charge < -0.3 is 8.83 Å². The summed E-state index contributed by atoms with van der Waals surface area (Å²) in [4.78, 5) is 0. The molecule has 2 heteroatoms. The van der Waals surface area contributed by atoms with Crippen molar-refractivity contribution in [3.63, 3.8) is 0 Å². The number of fused-ring (bicyclic) bond motifs is 11. The molecule has 0 atom stereocenters. The number of hydrogen-bond acceptors (Lipinski definition) is 2. The molecule has 0 spiro atoms. The van der Waals surface area contributed by atoms with Gasteiger partial charge in [-0.25, -0.2) is 0 Å². The van der Waals surface area contributed by atoms with Crippen LogP contribution in [0.5, 0.6) is 0 Å². The van der Waals surface area contributed by atoms with E-state index in [0.29, 0.717) is 0 Å². The average molecular weight is 681 g/mol. The highest BCUT2D eigenvalue weighted by atomic mass is 16.3. The smallest absolute Gasteiger partial charge is 0.136 e. The summed E-state index contributed by atoms with van der Waals surface area (Å²) in [5.74, 6) is 0. The Hall–Kier alpha value is -6.38. The molecule has 0 saturated heterocycles. The van der Waals surface area contributed by atoms with Gasteiger partial charge in [0.15, 0.2) is 0 Å². The van der Waals surface area contributed by atoms with Crippen LogP contribution in [0.3, 0.4) is 0 Å². The second-order valence-corrected chi connectivity index (χ2v) is 15.2. The molecule has 2 nitrogen and oxygen atoms in total. The third kappa shape index (κ3) is 4.58. The van der Waals surface area contributed by atoms with Crippen molar-refractivity contribution in [2.75, 3.05) is 0 Å². The van der Waals surface area contributed by atoms with Crippen LogP contribution < -0.4 is 0 Å². The molecule has 252 valence electrons. The van der Waals surface area contributed by atoms with Crippen molar-refractivity contribution in [1.82, 2.24) is 0 Å². The Kier molecular flexibility index (Phi) is 6.46. The molecule has 0 bridgehead atoms. The standard InChI is InChI=1S/C51H36O2/c1-51(2)44-23-19-34(37-14-7-5-3-4-6-12-31-13-8-9-15-36(31)37)27-41(44)38-22-18-33(28-45(38)51)32-20-24-47-42(26-32)43-30-40-35(29-49(43)53-47)21-25-48-50(40)39-16-10-11-17-46(39)52-48/h3-18,20-22,24-30H,19,23H2,1-2H3. The van der Waals surface area contributed by atoms with Crippen molar-refractivity contribution < 1.29 is 8.83 Å². The lowest BCUT2D eigenvalue weighted by Crippen LogP contribution is -2.18. The van der Waals surface area contributed by atoms with Crippen LogP contribution in [-0.4, -0.2) is 0 Å². The Morgan fingerprint density at radius 2 is 1.13 bits per heavy atom. The lowest BCUT2D eigenvalue weighted by Gasteiger charge is -2.27. The normalized spacial score (nSPS) is 15.0. The summed E-state index contributed by atoms with van der Waals surface area (Å²) in [6, 6.07) is 54.7. The minimum absolute atomic E-state index is 0.0527. The fraction of sp³-hybridized carbons (Fsp3) is 0.0980.